The van der Waals surface area contributed by atoms with Gasteiger partial charge in [0.2, 0.25) is 0 Å². The second-order valence-corrected chi connectivity index (χ2v) is 26.6. The molecule has 2 N–H and O–H groups in total. The third-order valence-corrected chi connectivity index (χ3v) is 15.5. The fourth-order valence-electron chi connectivity index (χ4n) is 8.33. The van der Waals surface area contributed by atoms with E-state index in [1.54, 1.807) is 9.12 Å². The summed E-state index contributed by atoms with van der Waals surface area (Å²) in [5.41, 5.74) is 0. The molecule has 5 atom stereocenters. The average Bonchev–Trinajstić information content (AvgIpc) is 3.54. The largest absolute Gasteiger partial charge is 0.472 e. The van der Waals surface area contributed by atoms with E-state index in [4.69, 9.17) is 36.9 Å². The molecular weight excluding hydrogens is 1190 g/mol. The van der Waals surface area contributed by atoms with Crippen LogP contribution >= 0.6 is 34.0 Å². The van der Waals surface area contributed by atoms with Crippen LogP contribution in [0.1, 0.15) is 245 Å². The van der Waals surface area contributed by atoms with E-state index in [-0.39, 0.29) is 76.2 Å². The van der Waals surface area contributed by atoms with Crippen LogP contribution in [0.15, 0.2) is 0 Å². The Morgan fingerprint density at radius 3 is 1.20 bits per heavy atom. The average molecular weight is 1320 g/mol. The molecule has 5 unspecified atom stereocenters. The van der Waals surface area contributed by atoms with Gasteiger partial charge < -0.3 is 42.6 Å². The van der Waals surface area contributed by atoms with Crippen LogP contribution in [-0.2, 0) is 83.7 Å². The predicted molar refractivity (Wildman–Crippen MR) is 344 cm³/mol. The smallest absolute Gasteiger partial charge is 0.465 e. The first-order valence-corrected chi connectivity index (χ1v) is 36.6. The summed E-state index contributed by atoms with van der Waals surface area (Å²) in [7, 11) is 7.37. The van der Waals surface area contributed by atoms with Crippen molar-refractivity contribution < 1.29 is 102 Å². The van der Waals surface area contributed by atoms with Gasteiger partial charge in [-0.1, -0.05) is 187 Å². The Kier molecular flexibility index (Phi) is 73.7. The van der Waals surface area contributed by atoms with E-state index in [2.05, 4.69) is 23.1 Å². The maximum Gasteiger partial charge on any atom is 0.472 e. The molecule has 23 heteroatoms. The fourth-order valence-corrected chi connectivity index (χ4v) is 9.83. The van der Waals surface area contributed by atoms with Gasteiger partial charge in [0.1, 0.15) is 66.5 Å². The summed E-state index contributed by atoms with van der Waals surface area (Å²) in [6.07, 6.45) is 40.9. The minimum absolute atomic E-state index is 0. The number of nitrogens with zero attached hydrogens (tertiary/aromatic N) is 2. The summed E-state index contributed by atoms with van der Waals surface area (Å²) >= 11 is 0. The summed E-state index contributed by atoms with van der Waals surface area (Å²) in [5, 5.41) is 0. The Morgan fingerprint density at radius 2 is 0.810 bits per heavy atom. The molecule has 0 aromatic carbocycles. The molecule has 0 aromatic heterocycles. The Morgan fingerprint density at radius 1 is 0.464 bits per heavy atom. The van der Waals surface area contributed by atoms with Gasteiger partial charge in [0.05, 0.1) is 68.0 Å². The van der Waals surface area contributed by atoms with Crippen LogP contribution in [0.2, 0.25) is 0 Å². The number of carbonyl (C=O) groups is 4. The number of quaternary nitrogens is 2. The van der Waals surface area contributed by atoms with Crippen molar-refractivity contribution in [2.75, 3.05) is 115 Å². The normalized spacial score (nSPS) is 13.5. The first-order valence-electron chi connectivity index (χ1n) is 32.1. The third kappa shape index (κ3) is 75.9. The van der Waals surface area contributed by atoms with Gasteiger partial charge >= 0.3 is 21.6 Å². The molecule has 0 saturated carbocycles. The van der Waals surface area contributed by atoms with E-state index in [0.29, 0.717) is 67.6 Å². The number of esters is 1. The van der Waals surface area contributed by atoms with Crippen LogP contribution in [0, 0.1) is 5.92 Å². The van der Waals surface area contributed by atoms with Crippen molar-refractivity contribution >= 4 is 58.3 Å². The van der Waals surface area contributed by atoms with Crippen molar-refractivity contribution in [1.29, 1.82) is 0 Å². The molecule has 0 spiro atoms. The summed E-state index contributed by atoms with van der Waals surface area (Å²) < 4.78 is 71.0. The summed E-state index contributed by atoms with van der Waals surface area (Å²) in [4.78, 5) is 66.0. The third-order valence-electron chi connectivity index (χ3n) is 13.5. The molecule has 0 saturated heterocycles. The molecule has 0 amide bonds. The number of hydrogen-bond donors (Lipinski definition) is 2. The maximum atomic E-state index is 12.7. The molecule has 0 aliphatic rings. The van der Waals surface area contributed by atoms with Crippen molar-refractivity contribution in [3.05, 3.63) is 0 Å². The number of likely N-dealkylation sites (N-methyl/N-ethyl adjacent to an activating group) is 2. The molecule has 0 aromatic rings. The SMILES string of the molecule is CCCCCCCCCCCCCCCCC(=O)OCC(COP(=O)(O)OCC[N+](C)(C)C)C(=O)CCCCC=O.CCCCCCCCCCCCCCCCOCC(COP(=O)(O)OCC[N+](C)(C)C)OCCCCC=O.CP.O=P.[V]. The zero-order valence-electron chi connectivity index (χ0n) is 54.8. The van der Waals surface area contributed by atoms with Gasteiger partial charge in [0.15, 0.2) is 0 Å². The van der Waals surface area contributed by atoms with E-state index >= 15 is 0 Å². The number of unbranched alkanes of at least 4 members (excludes halogenated alkanes) is 30. The van der Waals surface area contributed by atoms with Crippen LogP contribution in [0.25, 0.3) is 0 Å². The van der Waals surface area contributed by atoms with Crippen LogP contribution in [-0.4, -0.2) is 164 Å². The number of ketones is 1. The van der Waals surface area contributed by atoms with Crippen molar-refractivity contribution in [2.24, 2.45) is 5.92 Å². The van der Waals surface area contributed by atoms with Crippen molar-refractivity contribution in [2.45, 2.75) is 251 Å². The number of aldehydes is 2. The summed E-state index contributed by atoms with van der Waals surface area (Å²) in [6, 6.07) is 0. The molecule has 0 aliphatic heterocycles. The van der Waals surface area contributed by atoms with Crippen molar-refractivity contribution in [3.63, 3.8) is 0 Å². The quantitative estimate of drug-likeness (QED) is 0.0190. The standard InChI is InChI=1S/C31H60NO8P.C29H60NO7P.CH5P.HOP.V/c1-5-6-7-8-9-10-11-12-13-14-15-16-17-20-23-31(35)38-27-29(30(34)22-19-18-21-25-33)28-40-41(36,37)39-26-24-32(2,3)4;1-5-6-7-8-9-10-11-12-13-14-15-16-17-20-24-34-27-29(35-25-21-18-19-23-31)28-37-38(32,33)36-26-22-30(2,3)4;2*1-2;/h25,29H,5-24,26-28H2,1-4H3;23,29H,5-22,24-28H2,1-4H3;2H2,1H3;2H;/p+2. The molecule has 1 radical (unpaired) electrons. The predicted octanol–water partition coefficient (Wildman–Crippen LogP) is 15.2. The van der Waals surface area contributed by atoms with Crippen LogP contribution in [0.3, 0.4) is 0 Å². The zero-order chi connectivity index (χ0) is 63.2. The van der Waals surface area contributed by atoms with E-state index in [1.807, 2.05) is 49.0 Å². The van der Waals surface area contributed by atoms with Gasteiger partial charge in [-0.2, -0.15) is 0 Å². The Hall–Kier alpha value is -0.346. The molecule has 84 heavy (non-hydrogen) atoms. The molecule has 0 heterocycles. The van der Waals surface area contributed by atoms with E-state index in [9.17, 15) is 38.1 Å². The number of ether oxygens (including phenoxy) is 3. The van der Waals surface area contributed by atoms with E-state index < -0.39 is 27.7 Å². The van der Waals surface area contributed by atoms with Crippen LogP contribution in [0.4, 0.5) is 0 Å². The van der Waals surface area contributed by atoms with Crippen molar-refractivity contribution in [1.82, 2.24) is 0 Å². The van der Waals surface area contributed by atoms with E-state index in [0.717, 1.165) is 57.5 Å². The number of phosphoric ester groups is 2. The molecule has 0 aliphatic carbocycles. The van der Waals surface area contributed by atoms with Crippen molar-refractivity contribution in [3.8, 4) is 0 Å². The van der Waals surface area contributed by atoms with E-state index in [1.165, 1.54) is 148 Å². The molecule has 0 fully saturated rings. The van der Waals surface area contributed by atoms with Gasteiger partial charge in [-0.25, -0.2) is 9.13 Å². The Labute approximate surface area is 530 Å². The fraction of sp³-hybridized carbons (Fsp3) is 0.934. The second kappa shape index (κ2) is 67.1. The molecule has 501 valence electrons. The number of phosphoric acid groups is 2. The summed E-state index contributed by atoms with van der Waals surface area (Å²) in [6.45, 7) is 8.40. The number of Topliss-reactive ketones (excluding diaryl/α,β-unsaturated/α-hetero) is 1. The minimum Gasteiger partial charge on any atom is -0.465 e. The minimum atomic E-state index is -4.35. The van der Waals surface area contributed by atoms with Gasteiger partial charge in [0.25, 0.3) is 0 Å². The van der Waals surface area contributed by atoms with Crippen LogP contribution in [0.5, 0.6) is 0 Å². The molecular formula is C61H128N2O16P4V+2. The number of hydrogen-bond acceptors (Lipinski definition) is 14. The molecule has 0 bridgehead atoms. The second-order valence-electron chi connectivity index (χ2n) is 23.7. The van der Waals surface area contributed by atoms with Gasteiger partial charge in [-0.15, -0.1) is 9.24 Å². The summed E-state index contributed by atoms with van der Waals surface area (Å²) in [5.74, 6) is -1.48. The monoisotopic (exact) mass is 1320 g/mol. The maximum absolute atomic E-state index is 12.7. The Balaban J connectivity index is -0.000000463. The first kappa shape index (κ1) is 92.4. The number of carbonyl (C=O) groups excluding carboxylic acids is 4. The van der Waals surface area contributed by atoms with Crippen LogP contribution < -0.4 is 0 Å². The molecule has 18 nitrogen and oxygen atoms in total. The Bertz CT molecular complexity index is 1550. The van der Waals surface area contributed by atoms with Gasteiger partial charge in [-0.3, -0.25) is 32.2 Å². The number of rotatable bonds is 60. The molecule has 0 rings (SSSR count). The van der Waals surface area contributed by atoms with Gasteiger partial charge in [0, 0.05) is 57.5 Å². The first-order chi connectivity index (χ1) is 39.7. The zero-order valence-corrected chi connectivity index (χ0v) is 60.1. The topological polar surface area (TPSA) is 225 Å². The van der Waals surface area contributed by atoms with Gasteiger partial charge in [-0.05, 0) is 38.5 Å².